The van der Waals surface area contributed by atoms with Crippen molar-refractivity contribution in [1.82, 2.24) is 9.78 Å². The lowest BCUT2D eigenvalue weighted by Gasteiger charge is -2.13. The number of aryl methyl sites for hydroxylation is 1. The number of aromatic nitrogens is 2. The van der Waals surface area contributed by atoms with Crippen molar-refractivity contribution in [3.8, 4) is 22.7 Å². The van der Waals surface area contributed by atoms with E-state index in [0.717, 1.165) is 39.5 Å². The largest absolute Gasteiger partial charge is 0.491 e. The lowest BCUT2D eigenvalue weighted by Crippen LogP contribution is -2.21. The fourth-order valence-corrected chi connectivity index (χ4v) is 4.20. The van der Waals surface area contributed by atoms with E-state index in [1.165, 1.54) is 5.01 Å². The van der Waals surface area contributed by atoms with E-state index in [1.54, 1.807) is 0 Å². The van der Waals surface area contributed by atoms with Crippen LogP contribution in [0.25, 0.3) is 23.0 Å². The number of hydrogen-bond donors (Lipinski definition) is 0. The van der Waals surface area contributed by atoms with Crippen LogP contribution in [0.4, 0.5) is 5.69 Å². The first-order valence-corrected chi connectivity index (χ1v) is 12.0. The Balaban J connectivity index is 1.59. The van der Waals surface area contributed by atoms with E-state index in [-0.39, 0.29) is 12.0 Å². The Kier molecular flexibility index (Phi) is 6.25. The van der Waals surface area contributed by atoms with E-state index in [0.29, 0.717) is 11.3 Å². The van der Waals surface area contributed by atoms with Crippen LogP contribution < -0.4 is 9.75 Å². The number of amides is 1. The Morgan fingerprint density at radius 1 is 0.889 bits per heavy atom. The number of carbonyl (C=O) groups excluding carboxylic acids is 1. The molecule has 6 heteroatoms. The number of para-hydroxylation sites is 2. The molecule has 0 N–H and O–H groups in total. The highest BCUT2D eigenvalue weighted by atomic mass is 16.5. The highest BCUT2D eigenvalue weighted by Gasteiger charge is 2.29. The molecule has 5 rings (SSSR count). The van der Waals surface area contributed by atoms with Crippen LogP contribution in [-0.2, 0) is 4.79 Å². The fourth-order valence-electron chi connectivity index (χ4n) is 4.20. The van der Waals surface area contributed by atoms with Crippen LogP contribution >= 0.6 is 0 Å². The topological polar surface area (TPSA) is 59.7 Å². The van der Waals surface area contributed by atoms with Gasteiger partial charge in [-0.1, -0.05) is 36.4 Å². The third-order valence-electron chi connectivity index (χ3n) is 5.94. The van der Waals surface area contributed by atoms with Crippen molar-refractivity contribution in [1.29, 1.82) is 0 Å². The van der Waals surface area contributed by atoms with E-state index in [9.17, 15) is 4.79 Å². The molecule has 1 aliphatic rings. The average molecular weight is 477 g/mol. The summed E-state index contributed by atoms with van der Waals surface area (Å²) in [6.07, 6.45) is 3.94. The highest BCUT2D eigenvalue weighted by Crippen LogP contribution is 2.32. The van der Waals surface area contributed by atoms with Crippen molar-refractivity contribution >= 4 is 23.4 Å². The van der Waals surface area contributed by atoms with E-state index >= 15 is 0 Å². The van der Waals surface area contributed by atoms with Crippen molar-refractivity contribution in [2.24, 2.45) is 5.10 Å². The Morgan fingerprint density at radius 2 is 1.56 bits per heavy atom. The van der Waals surface area contributed by atoms with Crippen LogP contribution in [0.2, 0.25) is 0 Å². The number of benzene rings is 3. The normalized spacial score (nSPS) is 14.6. The van der Waals surface area contributed by atoms with E-state index < -0.39 is 0 Å². The van der Waals surface area contributed by atoms with Crippen LogP contribution in [0.1, 0.15) is 31.9 Å². The zero-order chi connectivity index (χ0) is 25.2. The molecule has 0 atom stereocenters. The van der Waals surface area contributed by atoms with Crippen molar-refractivity contribution < 1.29 is 9.53 Å². The number of carbonyl (C=O) groups is 1. The fraction of sp³-hybridized carbons (Fsp3) is 0.167. The molecule has 0 spiro atoms. The van der Waals surface area contributed by atoms with Crippen molar-refractivity contribution in [3.63, 3.8) is 0 Å². The number of hydrazone groups is 1. The highest BCUT2D eigenvalue weighted by molar-refractivity contribution is 6.32. The predicted octanol–water partition coefficient (Wildman–Crippen LogP) is 6.44. The Bertz CT molecular complexity index is 1470. The average Bonchev–Trinajstić information content (AvgIpc) is 3.43. The molecular weight excluding hydrogens is 448 g/mol. The van der Waals surface area contributed by atoms with Gasteiger partial charge in [0.25, 0.3) is 5.91 Å². The molecule has 0 bridgehead atoms. The number of anilines is 1. The van der Waals surface area contributed by atoms with Crippen molar-refractivity contribution in [3.05, 3.63) is 102 Å². The summed E-state index contributed by atoms with van der Waals surface area (Å²) < 4.78 is 7.77. The first-order valence-electron chi connectivity index (χ1n) is 12.0. The van der Waals surface area contributed by atoms with Gasteiger partial charge in [0.2, 0.25) is 0 Å². The summed E-state index contributed by atoms with van der Waals surface area (Å²) in [7, 11) is 0. The number of rotatable bonds is 6. The van der Waals surface area contributed by atoms with Gasteiger partial charge >= 0.3 is 0 Å². The third-order valence-corrected chi connectivity index (χ3v) is 5.94. The maximum Gasteiger partial charge on any atom is 0.280 e. The van der Waals surface area contributed by atoms with E-state index in [2.05, 4.69) is 11.2 Å². The second-order valence-electron chi connectivity index (χ2n) is 9.06. The minimum Gasteiger partial charge on any atom is -0.491 e. The van der Waals surface area contributed by atoms with Gasteiger partial charge in [-0.25, -0.2) is 4.68 Å². The summed E-state index contributed by atoms with van der Waals surface area (Å²) in [5.74, 6) is 0.692. The molecule has 1 aromatic heterocycles. The predicted molar refractivity (Wildman–Crippen MR) is 145 cm³/mol. The summed E-state index contributed by atoms with van der Waals surface area (Å²) in [5, 5.41) is 10.9. The monoisotopic (exact) mass is 476 g/mol. The lowest BCUT2D eigenvalue weighted by molar-refractivity contribution is -0.114. The standard InChI is InChI=1S/C30H28N4O2/c1-20(2)36-28-16-15-23(17-21(28)3)29-24(19-33(32-29)25-11-7-5-8-12-25)18-27-22(4)31-34(30(27)35)26-13-9-6-10-14-26/h5-20H,1-4H3. The first-order chi connectivity index (χ1) is 17.4. The summed E-state index contributed by atoms with van der Waals surface area (Å²) in [4.78, 5) is 13.3. The molecule has 36 heavy (non-hydrogen) atoms. The Morgan fingerprint density at radius 3 is 2.19 bits per heavy atom. The molecule has 180 valence electrons. The Labute approximate surface area is 211 Å². The van der Waals surface area contributed by atoms with Gasteiger partial charge < -0.3 is 4.74 Å². The quantitative estimate of drug-likeness (QED) is 0.301. The van der Waals surface area contributed by atoms with E-state index in [4.69, 9.17) is 9.84 Å². The van der Waals surface area contributed by atoms with Gasteiger partial charge in [0.15, 0.2) is 0 Å². The molecule has 2 heterocycles. The number of hydrogen-bond acceptors (Lipinski definition) is 4. The van der Waals surface area contributed by atoms with Crippen molar-refractivity contribution in [2.45, 2.75) is 33.8 Å². The first kappa shape index (κ1) is 23.3. The second kappa shape index (κ2) is 9.66. The molecule has 1 amide bonds. The van der Waals surface area contributed by atoms with Gasteiger partial charge in [0.1, 0.15) is 5.75 Å². The van der Waals surface area contributed by atoms with Crippen LogP contribution in [0.3, 0.4) is 0 Å². The molecule has 1 aliphatic heterocycles. The van der Waals surface area contributed by atoms with Gasteiger partial charge in [-0.05, 0) is 81.8 Å². The molecule has 0 saturated carbocycles. The number of nitrogens with zero attached hydrogens (tertiary/aromatic N) is 4. The Hall–Kier alpha value is -4.45. The van der Waals surface area contributed by atoms with Crippen LogP contribution in [0.15, 0.2) is 95.7 Å². The van der Waals surface area contributed by atoms with Gasteiger partial charge in [0, 0.05) is 17.3 Å². The maximum atomic E-state index is 13.3. The SMILES string of the molecule is CC1=NN(c2ccccc2)C(=O)C1=Cc1cn(-c2ccccc2)nc1-c1ccc(OC(C)C)c(C)c1. The molecule has 0 saturated heterocycles. The molecule has 6 nitrogen and oxygen atoms in total. The summed E-state index contributed by atoms with van der Waals surface area (Å²) in [6.45, 7) is 7.92. The van der Waals surface area contributed by atoms with Crippen LogP contribution in [0.5, 0.6) is 5.75 Å². The molecule has 0 radical (unpaired) electrons. The molecule has 0 unspecified atom stereocenters. The smallest absolute Gasteiger partial charge is 0.280 e. The van der Waals surface area contributed by atoms with Gasteiger partial charge in [0.05, 0.1) is 34.5 Å². The van der Waals surface area contributed by atoms with Gasteiger partial charge in [-0.3, -0.25) is 4.79 Å². The number of ether oxygens (including phenoxy) is 1. The van der Waals surface area contributed by atoms with Crippen molar-refractivity contribution in [2.75, 3.05) is 5.01 Å². The molecule has 0 fully saturated rings. The minimum absolute atomic E-state index is 0.0929. The summed E-state index contributed by atoms with van der Waals surface area (Å²) in [6, 6.07) is 25.5. The summed E-state index contributed by atoms with van der Waals surface area (Å²) >= 11 is 0. The molecule has 4 aromatic rings. The van der Waals surface area contributed by atoms with Crippen LogP contribution in [0, 0.1) is 6.92 Å². The van der Waals surface area contributed by atoms with Crippen LogP contribution in [-0.4, -0.2) is 27.5 Å². The zero-order valence-corrected chi connectivity index (χ0v) is 20.8. The molecular formula is C30H28N4O2. The van der Waals surface area contributed by atoms with Gasteiger partial charge in [-0.2, -0.15) is 15.2 Å². The zero-order valence-electron chi connectivity index (χ0n) is 20.8. The third kappa shape index (κ3) is 4.58. The lowest BCUT2D eigenvalue weighted by atomic mass is 10.0. The van der Waals surface area contributed by atoms with E-state index in [1.807, 2.05) is 117 Å². The molecule has 0 aliphatic carbocycles. The molecule has 3 aromatic carbocycles. The maximum absolute atomic E-state index is 13.3. The minimum atomic E-state index is -0.158. The summed E-state index contributed by atoms with van der Waals surface area (Å²) in [5.41, 5.74) is 6.48. The second-order valence-corrected chi connectivity index (χ2v) is 9.06. The van der Waals surface area contributed by atoms with Gasteiger partial charge in [-0.15, -0.1) is 0 Å².